The molecule has 4 aromatic rings. The topological polar surface area (TPSA) is 85.4 Å². The van der Waals surface area contributed by atoms with Crippen molar-refractivity contribution >= 4 is 22.6 Å². The molecule has 1 aliphatic heterocycles. The second-order valence-electron chi connectivity index (χ2n) is 9.64. The molecular weight excluding hydrogens is 466 g/mol. The van der Waals surface area contributed by atoms with Crippen LogP contribution in [0.1, 0.15) is 31.5 Å². The van der Waals surface area contributed by atoms with Gasteiger partial charge in [-0.2, -0.15) is 0 Å². The molecule has 0 radical (unpaired) electrons. The number of nitrogens with zero attached hydrogens (tertiary/aromatic N) is 7. The molecule has 11 heteroatoms. The SMILES string of the molecule is Cc1nc2ccc(-c3ccn4nc(N[C@H]5CC[C@@H](N6CCOCC6)CC5)ncc34)nc2n1CC(F)F. The molecule has 0 spiro atoms. The quantitative estimate of drug-likeness (QED) is 0.435. The van der Waals surface area contributed by atoms with Crippen LogP contribution < -0.4 is 5.32 Å². The minimum Gasteiger partial charge on any atom is -0.379 e. The van der Waals surface area contributed by atoms with Crippen molar-refractivity contribution in [3.8, 4) is 11.3 Å². The van der Waals surface area contributed by atoms with Crippen molar-refractivity contribution < 1.29 is 13.5 Å². The molecule has 1 N–H and O–H groups in total. The lowest BCUT2D eigenvalue weighted by Gasteiger charge is -2.38. The second-order valence-corrected chi connectivity index (χ2v) is 9.64. The minimum atomic E-state index is -2.48. The van der Waals surface area contributed by atoms with E-state index in [0.717, 1.165) is 50.2 Å². The number of nitrogens with one attached hydrogen (secondary N) is 1. The van der Waals surface area contributed by atoms with Crippen molar-refractivity contribution in [2.24, 2.45) is 0 Å². The van der Waals surface area contributed by atoms with Gasteiger partial charge in [-0.3, -0.25) is 4.90 Å². The van der Waals surface area contributed by atoms with Gasteiger partial charge in [-0.05, 0) is 50.8 Å². The van der Waals surface area contributed by atoms with Crippen LogP contribution in [0.4, 0.5) is 14.7 Å². The van der Waals surface area contributed by atoms with Crippen molar-refractivity contribution in [2.45, 2.75) is 57.7 Å². The Balaban J connectivity index is 1.18. The van der Waals surface area contributed by atoms with E-state index in [1.165, 1.54) is 17.4 Å². The van der Waals surface area contributed by atoms with Gasteiger partial charge in [-0.1, -0.05) is 0 Å². The first-order chi connectivity index (χ1) is 17.5. The number of alkyl halides is 2. The predicted molar refractivity (Wildman–Crippen MR) is 132 cm³/mol. The Morgan fingerprint density at radius 1 is 1.08 bits per heavy atom. The van der Waals surface area contributed by atoms with Crippen LogP contribution in [-0.2, 0) is 11.3 Å². The summed E-state index contributed by atoms with van der Waals surface area (Å²) in [6.45, 7) is 5.04. The maximum Gasteiger partial charge on any atom is 0.256 e. The normalized spacial score (nSPS) is 21.6. The largest absolute Gasteiger partial charge is 0.379 e. The standard InChI is InChI=1S/C25H30F2N8O/c1-16-29-21-7-6-20(31-24(21)34(16)15-23(26)27)19-8-9-35-22(19)14-28-25(32-35)30-17-2-4-18(5-3-17)33-10-12-36-13-11-33/h6-9,14,17-18,23H,2-5,10-13,15H2,1H3,(H,30,32)/t17-,18+. The van der Waals surface area contributed by atoms with Gasteiger partial charge in [0, 0.05) is 36.9 Å². The Morgan fingerprint density at radius 3 is 2.67 bits per heavy atom. The first-order valence-corrected chi connectivity index (χ1v) is 12.6. The molecule has 0 amide bonds. The van der Waals surface area contributed by atoms with E-state index in [0.29, 0.717) is 40.7 Å². The van der Waals surface area contributed by atoms with Crippen LogP contribution in [0.2, 0.25) is 0 Å². The number of aryl methyl sites for hydroxylation is 1. The van der Waals surface area contributed by atoms with Crippen LogP contribution >= 0.6 is 0 Å². The van der Waals surface area contributed by atoms with Gasteiger partial charge < -0.3 is 14.6 Å². The molecule has 6 rings (SSSR count). The number of aromatic nitrogens is 6. The number of anilines is 1. The fourth-order valence-corrected chi connectivity index (χ4v) is 5.51. The minimum absolute atomic E-state index is 0.359. The lowest BCUT2D eigenvalue weighted by Crippen LogP contribution is -2.46. The van der Waals surface area contributed by atoms with E-state index in [4.69, 9.17) is 4.74 Å². The first kappa shape index (κ1) is 23.2. The highest BCUT2D eigenvalue weighted by Gasteiger charge is 2.27. The van der Waals surface area contributed by atoms with Gasteiger partial charge in [0.1, 0.15) is 11.3 Å². The van der Waals surface area contributed by atoms with Gasteiger partial charge in [-0.25, -0.2) is 28.2 Å². The molecule has 0 unspecified atom stereocenters. The molecule has 4 aromatic heterocycles. The number of imidazole rings is 1. The van der Waals surface area contributed by atoms with E-state index in [1.54, 1.807) is 17.6 Å². The first-order valence-electron chi connectivity index (χ1n) is 12.6. The van der Waals surface area contributed by atoms with Gasteiger partial charge in [0.05, 0.1) is 37.2 Å². The summed E-state index contributed by atoms with van der Waals surface area (Å²) in [5.41, 5.74) is 3.38. The zero-order valence-corrected chi connectivity index (χ0v) is 20.3. The lowest BCUT2D eigenvalue weighted by atomic mass is 9.90. The van der Waals surface area contributed by atoms with Crippen LogP contribution in [0.15, 0.2) is 30.6 Å². The van der Waals surface area contributed by atoms with Gasteiger partial charge in [0.25, 0.3) is 6.43 Å². The average molecular weight is 497 g/mol. The monoisotopic (exact) mass is 496 g/mol. The van der Waals surface area contributed by atoms with Crippen LogP contribution in [0.5, 0.6) is 0 Å². The molecule has 0 aromatic carbocycles. The third kappa shape index (κ3) is 4.53. The third-order valence-corrected chi connectivity index (χ3v) is 7.39. The summed E-state index contributed by atoms with van der Waals surface area (Å²) in [6.07, 6.45) is 5.71. The molecule has 5 heterocycles. The molecule has 1 saturated carbocycles. The summed E-state index contributed by atoms with van der Waals surface area (Å²) in [5.74, 6) is 1.13. The van der Waals surface area contributed by atoms with E-state index in [2.05, 4.69) is 30.3 Å². The average Bonchev–Trinajstić information content (AvgIpc) is 3.45. The smallest absolute Gasteiger partial charge is 0.256 e. The Kier molecular flexibility index (Phi) is 6.26. The molecule has 1 saturated heterocycles. The van der Waals surface area contributed by atoms with Crippen LogP contribution in [-0.4, -0.2) is 78.8 Å². The van der Waals surface area contributed by atoms with Crippen molar-refractivity contribution in [1.29, 1.82) is 0 Å². The number of pyridine rings is 1. The Labute approximate surface area is 207 Å². The predicted octanol–water partition coefficient (Wildman–Crippen LogP) is 3.77. The fraction of sp³-hybridized carbons (Fsp3) is 0.520. The molecule has 1 aliphatic carbocycles. The molecule has 0 bridgehead atoms. The van der Waals surface area contributed by atoms with Crippen LogP contribution in [0.3, 0.4) is 0 Å². The van der Waals surface area contributed by atoms with Crippen molar-refractivity contribution in [2.75, 3.05) is 31.6 Å². The number of fused-ring (bicyclic) bond motifs is 2. The highest BCUT2D eigenvalue weighted by Crippen LogP contribution is 2.28. The Morgan fingerprint density at radius 2 is 1.89 bits per heavy atom. The summed E-state index contributed by atoms with van der Waals surface area (Å²) < 4.78 is 34.9. The molecular formula is C25H30F2N8O. The molecule has 36 heavy (non-hydrogen) atoms. The van der Waals surface area contributed by atoms with Crippen molar-refractivity contribution in [3.05, 3.63) is 36.4 Å². The van der Waals surface area contributed by atoms with Gasteiger partial charge >= 0.3 is 0 Å². The Hall–Kier alpha value is -3.18. The summed E-state index contributed by atoms with van der Waals surface area (Å²) in [6, 6.07) is 6.61. The summed E-state index contributed by atoms with van der Waals surface area (Å²) in [4.78, 5) is 16.2. The van der Waals surface area contributed by atoms with Gasteiger partial charge in [0.15, 0.2) is 5.65 Å². The van der Waals surface area contributed by atoms with Crippen molar-refractivity contribution in [1.82, 2.24) is 34.0 Å². The molecule has 2 aliphatic rings. The number of ether oxygens (including phenoxy) is 1. The third-order valence-electron chi connectivity index (χ3n) is 7.39. The molecule has 9 nitrogen and oxygen atoms in total. The number of rotatable bonds is 6. The zero-order valence-electron chi connectivity index (χ0n) is 20.3. The second kappa shape index (κ2) is 9.70. The van der Waals surface area contributed by atoms with E-state index in [1.807, 2.05) is 24.4 Å². The van der Waals surface area contributed by atoms with E-state index in [9.17, 15) is 8.78 Å². The van der Waals surface area contributed by atoms with E-state index < -0.39 is 13.0 Å². The van der Waals surface area contributed by atoms with Gasteiger partial charge in [-0.15, -0.1) is 5.10 Å². The molecule has 2 fully saturated rings. The van der Waals surface area contributed by atoms with Gasteiger partial charge in [0.2, 0.25) is 5.95 Å². The van der Waals surface area contributed by atoms with E-state index in [-0.39, 0.29) is 0 Å². The number of halogens is 2. The summed E-state index contributed by atoms with van der Waals surface area (Å²) in [5, 5.41) is 8.18. The van der Waals surface area contributed by atoms with E-state index >= 15 is 0 Å². The maximum absolute atomic E-state index is 13.1. The highest BCUT2D eigenvalue weighted by molar-refractivity contribution is 5.82. The number of hydrogen-bond donors (Lipinski definition) is 1. The van der Waals surface area contributed by atoms with Crippen LogP contribution in [0, 0.1) is 6.92 Å². The highest BCUT2D eigenvalue weighted by atomic mass is 19.3. The fourth-order valence-electron chi connectivity index (χ4n) is 5.51. The summed E-state index contributed by atoms with van der Waals surface area (Å²) in [7, 11) is 0. The number of morpholine rings is 1. The van der Waals surface area contributed by atoms with Crippen molar-refractivity contribution in [3.63, 3.8) is 0 Å². The summed E-state index contributed by atoms with van der Waals surface area (Å²) >= 11 is 0. The Bertz CT molecular complexity index is 1360. The maximum atomic E-state index is 13.1. The van der Waals surface area contributed by atoms with Crippen LogP contribution in [0.25, 0.3) is 27.9 Å². The molecule has 190 valence electrons. The molecule has 0 atom stereocenters. The lowest BCUT2D eigenvalue weighted by molar-refractivity contribution is 0.00790. The number of hydrogen-bond acceptors (Lipinski definition) is 7. The zero-order chi connectivity index (χ0) is 24.6.